The highest BCUT2D eigenvalue weighted by Crippen LogP contribution is 2.33. The lowest BCUT2D eigenvalue weighted by atomic mass is 10.1. The van der Waals surface area contributed by atoms with Gasteiger partial charge >= 0.3 is 6.03 Å². The quantitative estimate of drug-likeness (QED) is 0.833. The molecule has 1 aromatic carbocycles. The molecule has 0 saturated carbocycles. The fourth-order valence-corrected chi connectivity index (χ4v) is 4.62. The number of nitrogens with zero attached hydrogens (tertiary/aromatic N) is 4. The van der Waals surface area contributed by atoms with E-state index in [1.165, 1.54) is 4.90 Å². The minimum absolute atomic E-state index is 0.0864. The van der Waals surface area contributed by atoms with E-state index in [-0.39, 0.29) is 30.4 Å². The minimum Gasteiger partial charge on any atom is -0.343 e. The summed E-state index contributed by atoms with van der Waals surface area (Å²) in [5.41, 5.74) is 1.02. The van der Waals surface area contributed by atoms with Crippen LogP contribution in [0.4, 0.5) is 10.5 Å². The van der Waals surface area contributed by atoms with Crippen LogP contribution < -0.4 is 10.2 Å². The zero-order valence-corrected chi connectivity index (χ0v) is 17.4. The van der Waals surface area contributed by atoms with Gasteiger partial charge in [0, 0.05) is 37.4 Å². The number of nitrogens with one attached hydrogen (secondary N) is 1. The molecular formula is C20H28ClN5O2. The van der Waals surface area contributed by atoms with Crippen molar-refractivity contribution in [3.8, 4) is 0 Å². The van der Waals surface area contributed by atoms with Crippen LogP contribution in [0.3, 0.4) is 0 Å². The number of carbonyl (C=O) groups is 2. The second-order valence-electron chi connectivity index (χ2n) is 8.26. The van der Waals surface area contributed by atoms with Gasteiger partial charge in [-0.1, -0.05) is 31.5 Å². The van der Waals surface area contributed by atoms with Crippen molar-refractivity contribution in [1.29, 1.82) is 0 Å². The molecule has 3 amide bonds. The van der Waals surface area contributed by atoms with Gasteiger partial charge in [0.05, 0.1) is 0 Å². The number of carbonyl (C=O) groups excluding carboxylic acids is 2. The van der Waals surface area contributed by atoms with E-state index in [0.29, 0.717) is 17.5 Å². The first kappa shape index (κ1) is 19.5. The van der Waals surface area contributed by atoms with Crippen molar-refractivity contribution in [2.24, 2.45) is 5.92 Å². The Morgan fingerprint density at radius 1 is 1.25 bits per heavy atom. The van der Waals surface area contributed by atoms with E-state index in [0.717, 1.165) is 31.6 Å². The summed E-state index contributed by atoms with van der Waals surface area (Å²) in [5.74, 6) is 0.350. The van der Waals surface area contributed by atoms with E-state index < -0.39 is 0 Å². The summed E-state index contributed by atoms with van der Waals surface area (Å²) < 4.78 is 0. The van der Waals surface area contributed by atoms with Crippen LogP contribution in [-0.2, 0) is 4.79 Å². The van der Waals surface area contributed by atoms with Gasteiger partial charge in [-0.15, -0.1) is 0 Å². The Kier molecular flexibility index (Phi) is 5.24. The molecule has 3 fully saturated rings. The van der Waals surface area contributed by atoms with Gasteiger partial charge in [0.1, 0.15) is 18.5 Å². The fourth-order valence-electron chi connectivity index (χ4n) is 4.43. The average Bonchev–Trinajstić information content (AvgIpc) is 3.06. The molecular weight excluding hydrogens is 378 g/mol. The van der Waals surface area contributed by atoms with E-state index in [1.54, 1.807) is 11.9 Å². The topological polar surface area (TPSA) is 59.1 Å². The Labute approximate surface area is 171 Å². The number of hydrogen-bond donors (Lipinski definition) is 1. The number of fused-ring (bicyclic) bond motifs is 3. The molecule has 0 radical (unpaired) electrons. The molecule has 28 heavy (non-hydrogen) atoms. The molecule has 0 aliphatic carbocycles. The molecule has 0 spiro atoms. The number of imide groups is 1. The fraction of sp³-hybridized carbons (Fsp3) is 0.600. The molecule has 8 heteroatoms. The second-order valence-corrected chi connectivity index (χ2v) is 8.70. The SMILES string of the molecule is CC(C)CCN1C(=O)C2C(NC3N(c4cccc(Cl)c4)CCCN23)N(C)C1=O. The third-order valence-electron chi connectivity index (χ3n) is 5.94. The number of halogens is 1. The van der Waals surface area contributed by atoms with Crippen LogP contribution >= 0.6 is 11.6 Å². The number of likely N-dealkylation sites (N-methyl/N-ethyl adjacent to an activating group) is 1. The van der Waals surface area contributed by atoms with Gasteiger partial charge in [-0.25, -0.2) is 4.79 Å². The zero-order valence-electron chi connectivity index (χ0n) is 16.6. The molecule has 152 valence electrons. The van der Waals surface area contributed by atoms with Crippen LogP contribution in [0.25, 0.3) is 0 Å². The summed E-state index contributed by atoms with van der Waals surface area (Å²) in [6.45, 7) is 6.37. The van der Waals surface area contributed by atoms with Crippen molar-refractivity contribution in [3.05, 3.63) is 29.3 Å². The third-order valence-corrected chi connectivity index (χ3v) is 6.17. The molecule has 1 N–H and O–H groups in total. The van der Waals surface area contributed by atoms with Crippen LogP contribution in [0.2, 0.25) is 5.02 Å². The van der Waals surface area contributed by atoms with Gasteiger partial charge in [0.2, 0.25) is 0 Å². The van der Waals surface area contributed by atoms with Gasteiger partial charge < -0.3 is 9.80 Å². The number of amides is 3. The van der Waals surface area contributed by atoms with Crippen molar-refractivity contribution in [2.75, 3.05) is 31.6 Å². The molecule has 3 unspecified atom stereocenters. The summed E-state index contributed by atoms with van der Waals surface area (Å²) in [6.07, 6.45) is 1.31. The van der Waals surface area contributed by atoms with Gasteiger partial charge in [-0.05, 0) is 37.0 Å². The first-order chi connectivity index (χ1) is 13.4. The molecule has 0 aromatic heterocycles. The first-order valence-corrected chi connectivity index (χ1v) is 10.4. The predicted molar refractivity (Wildman–Crippen MR) is 109 cm³/mol. The highest BCUT2D eigenvalue weighted by atomic mass is 35.5. The lowest BCUT2D eigenvalue weighted by molar-refractivity contribution is -0.138. The van der Waals surface area contributed by atoms with Crippen molar-refractivity contribution >= 4 is 29.2 Å². The zero-order chi connectivity index (χ0) is 20.0. The van der Waals surface area contributed by atoms with Crippen molar-refractivity contribution in [1.82, 2.24) is 20.0 Å². The van der Waals surface area contributed by atoms with Gasteiger partial charge in [0.15, 0.2) is 0 Å². The molecule has 3 aliphatic heterocycles. The highest BCUT2D eigenvalue weighted by Gasteiger charge is 2.55. The maximum atomic E-state index is 13.3. The number of rotatable bonds is 4. The van der Waals surface area contributed by atoms with Gasteiger partial charge in [-0.3, -0.25) is 19.9 Å². The Morgan fingerprint density at radius 3 is 2.75 bits per heavy atom. The highest BCUT2D eigenvalue weighted by molar-refractivity contribution is 6.30. The van der Waals surface area contributed by atoms with E-state index in [9.17, 15) is 9.59 Å². The Hall–Kier alpha value is -1.83. The third kappa shape index (κ3) is 3.25. The molecule has 0 bridgehead atoms. The maximum absolute atomic E-state index is 13.3. The normalized spacial score (nSPS) is 28.2. The molecule has 3 aliphatic rings. The molecule has 3 saturated heterocycles. The maximum Gasteiger partial charge on any atom is 0.327 e. The second kappa shape index (κ2) is 7.54. The van der Waals surface area contributed by atoms with Crippen LogP contribution in [-0.4, -0.2) is 71.8 Å². The predicted octanol–water partition coefficient (Wildman–Crippen LogP) is 2.37. The van der Waals surface area contributed by atoms with E-state index in [4.69, 9.17) is 11.6 Å². The summed E-state index contributed by atoms with van der Waals surface area (Å²) >= 11 is 6.20. The summed E-state index contributed by atoms with van der Waals surface area (Å²) in [4.78, 5) is 33.7. The van der Waals surface area contributed by atoms with Crippen molar-refractivity contribution < 1.29 is 9.59 Å². The van der Waals surface area contributed by atoms with Crippen molar-refractivity contribution in [2.45, 2.75) is 45.2 Å². The largest absolute Gasteiger partial charge is 0.343 e. The smallest absolute Gasteiger partial charge is 0.327 e. The number of benzene rings is 1. The monoisotopic (exact) mass is 405 g/mol. The Morgan fingerprint density at radius 2 is 2.04 bits per heavy atom. The van der Waals surface area contributed by atoms with Gasteiger partial charge in [0.25, 0.3) is 5.91 Å². The molecule has 3 heterocycles. The number of anilines is 1. The van der Waals surface area contributed by atoms with Crippen LogP contribution in [0.5, 0.6) is 0 Å². The van der Waals surface area contributed by atoms with Crippen LogP contribution in [0, 0.1) is 5.92 Å². The van der Waals surface area contributed by atoms with E-state index >= 15 is 0 Å². The van der Waals surface area contributed by atoms with E-state index in [2.05, 4.69) is 29.0 Å². The lowest BCUT2D eigenvalue weighted by Gasteiger charge is -2.44. The van der Waals surface area contributed by atoms with Crippen LogP contribution in [0.15, 0.2) is 24.3 Å². The molecule has 4 rings (SSSR count). The van der Waals surface area contributed by atoms with E-state index in [1.807, 2.05) is 24.3 Å². The number of hydrogen-bond acceptors (Lipinski definition) is 5. The molecule has 3 atom stereocenters. The van der Waals surface area contributed by atoms with Gasteiger partial charge in [-0.2, -0.15) is 0 Å². The minimum atomic E-state index is -0.359. The van der Waals surface area contributed by atoms with Crippen LogP contribution in [0.1, 0.15) is 26.7 Å². The summed E-state index contributed by atoms with van der Waals surface area (Å²) in [5, 5.41) is 4.21. The van der Waals surface area contributed by atoms with Crippen molar-refractivity contribution in [3.63, 3.8) is 0 Å². The molecule has 7 nitrogen and oxygen atoms in total. The lowest BCUT2D eigenvalue weighted by Crippen LogP contribution is -2.66. The summed E-state index contributed by atoms with van der Waals surface area (Å²) in [6, 6.07) is 7.20. The Bertz CT molecular complexity index is 773. The standard InChI is InChI=1S/C20H28ClN5O2/c1-13(2)8-11-26-18(27)16-17(23(3)20(26)28)22-19-24(9-5-10-25(16)19)15-7-4-6-14(21)12-15/h4,6-7,12-13,16-17,19,22H,5,8-11H2,1-3H3. The summed E-state index contributed by atoms with van der Waals surface area (Å²) in [7, 11) is 1.78. The first-order valence-electron chi connectivity index (χ1n) is 10.0. The number of urea groups is 1. The molecule has 1 aromatic rings. The average molecular weight is 406 g/mol. The Balaban J connectivity index is 1.61.